The van der Waals surface area contributed by atoms with E-state index >= 15 is 0 Å². The van der Waals surface area contributed by atoms with Crippen molar-refractivity contribution in [3.8, 4) is 6.07 Å². The van der Waals surface area contributed by atoms with Crippen LogP contribution in [-0.2, 0) is 37.4 Å². The van der Waals surface area contributed by atoms with E-state index in [1.165, 1.54) is 4.68 Å². The second kappa shape index (κ2) is 10.8. The summed E-state index contributed by atoms with van der Waals surface area (Å²) < 4.78 is 3.09. The van der Waals surface area contributed by atoms with Crippen molar-refractivity contribution in [3.63, 3.8) is 0 Å². The normalized spacial score (nSPS) is 10.7. The second-order valence-electron chi connectivity index (χ2n) is 7.43. The highest BCUT2D eigenvalue weighted by molar-refractivity contribution is 6.30. The minimum atomic E-state index is -0.301. The SMILES string of the molecule is CNCc1ccc(Cl)cc1CNC(=O)Cc1c(C)cnn(CCn2cccc2C#N)c1=O. The highest BCUT2D eigenvalue weighted by Crippen LogP contribution is 2.16. The number of aryl methyl sites for hydroxylation is 3. The Balaban J connectivity index is 1.69. The minimum Gasteiger partial charge on any atom is -0.352 e. The quantitative estimate of drug-likeness (QED) is 0.517. The fourth-order valence-electron chi connectivity index (χ4n) is 3.44. The summed E-state index contributed by atoms with van der Waals surface area (Å²) in [5, 5.41) is 19.9. The summed E-state index contributed by atoms with van der Waals surface area (Å²) in [6, 6.07) is 11.2. The third-order valence-corrected chi connectivity index (χ3v) is 5.44. The molecule has 0 aliphatic carbocycles. The summed E-state index contributed by atoms with van der Waals surface area (Å²) >= 11 is 6.10. The molecule has 2 heterocycles. The molecule has 3 rings (SSSR count). The van der Waals surface area contributed by atoms with Gasteiger partial charge in [0.1, 0.15) is 11.8 Å². The average Bonchev–Trinajstić information content (AvgIpc) is 3.24. The van der Waals surface area contributed by atoms with Crippen molar-refractivity contribution < 1.29 is 4.79 Å². The smallest absolute Gasteiger partial charge is 0.270 e. The number of hydrogen-bond acceptors (Lipinski definition) is 5. The van der Waals surface area contributed by atoms with E-state index in [0.717, 1.165) is 11.1 Å². The molecule has 1 amide bonds. The molecule has 3 aromatic rings. The van der Waals surface area contributed by atoms with E-state index in [2.05, 4.69) is 21.8 Å². The Kier molecular flexibility index (Phi) is 7.82. The zero-order valence-corrected chi connectivity index (χ0v) is 18.8. The van der Waals surface area contributed by atoms with Crippen LogP contribution in [-0.4, -0.2) is 27.3 Å². The van der Waals surface area contributed by atoms with Gasteiger partial charge in [-0.15, -0.1) is 0 Å². The van der Waals surface area contributed by atoms with Crippen molar-refractivity contribution in [3.05, 3.63) is 86.0 Å². The Labute approximate surface area is 191 Å². The van der Waals surface area contributed by atoms with Gasteiger partial charge in [-0.25, -0.2) is 4.68 Å². The van der Waals surface area contributed by atoms with Crippen LogP contribution in [0.2, 0.25) is 5.02 Å². The molecule has 2 N–H and O–H groups in total. The molecule has 0 atom stereocenters. The Bertz CT molecular complexity index is 1210. The summed E-state index contributed by atoms with van der Waals surface area (Å²) in [4.78, 5) is 25.5. The van der Waals surface area contributed by atoms with Gasteiger partial charge in [-0.2, -0.15) is 10.4 Å². The Morgan fingerprint density at radius 1 is 1.22 bits per heavy atom. The van der Waals surface area contributed by atoms with Gasteiger partial charge >= 0.3 is 0 Å². The molecule has 0 aliphatic rings. The van der Waals surface area contributed by atoms with Crippen LogP contribution in [0.4, 0.5) is 0 Å². The summed E-state index contributed by atoms with van der Waals surface area (Å²) in [5.74, 6) is -0.254. The van der Waals surface area contributed by atoms with Gasteiger partial charge in [-0.3, -0.25) is 9.59 Å². The molecule has 1 aromatic carbocycles. The van der Waals surface area contributed by atoms with Gasteiger partial charge in [-0.1, -0.05) is 17.7 Å². The van der Waals surface area contributed by atoms with Crippen LogP contribution in [0.1, 0.15) is 27.9 Å². The van der Waals surface area contributed by atoms with Gasteiger partial charge in [0.05, 0.1) is 19.2 Å². The molecule has 0 aliphatic heterocycles. The largest absolute Gasteiger partial charge is 0.352 e. The average molecular weight is 453 g/mol. The summed E-state index contributed by atoms with van der Waals surface area (Å²) in [5.41, 5.74) is 3.25. The standard InChI is InChI=1S/C23H25ClN6O2/c1-16-13-28-30(9-8-29-7-3-4-20(29)12-25)23(32)21(16)11-22(31)27-15-18-10-19(24)6-5-17(18)14-26-2/h3-7,10,13,26H,8-9,11,14-15H2,1-2H3,(H,27,31). The topological polar surface area (TPSA) is 105 Å². The summed E-state index contributed by atoms with van der Waals surface area (Å²) in [7, 11) is 1.85. The van der Waals surface area contributed by atoms with Crippen LogP contribution in [0.25, 0.3) is 0 Å². The maximum atomic E-state index is 12.9. The molecule has 0 bridgehead atoms. The lowest BCUT2D eigenvalue weighted by Crippen LogP contribution is -2.33. The number of rotatable bonds is 9. The highest BCUT2D eigenvalue weighted by atomic mass is 35.5. The molecule has 8 nitrogen and oxygen atoms in total. The fraction of sp³-hybridized carbons (Fsp3) is 0.304. The van der Waals surface area contributed by atoms with Crippen molar-refractivity contribution in [1.82, 2.24) is 25.0 Å². The molecular weight excluding hydrogens is 428 g/mol. The lowest BCUT2D eigenvalue weighted by Gasteiger charge is -2.13. The van der Waals surface area contributed by atoms with E-state index in [0.29, 0.717) is 48.0 Å². The number of hydrogen-bond donors (Lipinski definition) is 2. The Morgan fingerprint density at radius 2 is 2.03 bits per heavy atom. The van der Waals surface area contributed by atoms with E-state index in [-0.39, 0.29) is 17.9 Å². The van der Waals surface area contributed by atoms with Crippen LogP contribution in [0.15, 0.2) is 47.5 Å². The van der Waals surface area contributed by atoms with Crippen molar-refractivity contribution in [2.24, 2.45) is 0 Å². The molecule has 0 spiro atoms. The number of nitrogens with one attached hydrogen (secondary N) is 2. The number of nitrogens with zero attached hydrogens (tertiary/aromatic N) is 4. The number of nitriles is 1. The zero-order valence-electron chi connectivity index (χ0n) is 18.1. The van der Waals surface area contributed by atoms with Crippen LogP contribution >= 0.6 is 11.6 Å². The second-order valence-corrected chi connectivity index (χ2v) is 7.87. The zero-order chi connectivity index (χ0) is 23.1. The van der Waals surface area contributed by atoms with E-state index in [4.69, 9.17) is 16.9 Å². The monoisotopic (exact) mass is 452 g/mol. The van der Waals surface area contributed by atoms with E-state index in [9.17, 15) is 9.59 Å². The third-order valence-electron chi connectivity index (χ3n) is 5.21. The number of amides is 1. The molecule has 166 valence electrons. The van der Waals surface area contributed by atoms with Crippen molar-refractivity contribution in [2.45, 2.75) is 39.5 Å². The molecule has 0 saturated heterocycles. The molecule has 9 heteroatoms. The number of aromatic nitrogens is 3. The molecule has 32 heavy (non-hydrogen) atoms. The van der Waals surface area contributed by atoms with E-state index in [1.807, 2.05) is 25.2 Å². The molecule has 0 fully saturated rings. The fourth-order valence-corrected chi connectivity index (χ4v) is 3.63. The van der Waals surface area contributed by atoms with Gasteiger partial charge in [0.25, 0.3) is 5.56 Å². The number of carbonyl (C=O) groups is 1. The van der Waals surface area contributed by atoms with Crippen LogP contribution < -0.4 is 16.2 Å². The predicted octanol–water partition coefficient (Wildman–Crippen LogP) is 2.16. The van der Waals surface area contributed by atoms with Crippen LogP contribution in [0.3, 0.4) is 0 Å². The van der Waals surface area contributed by atoms with Crippen LogP contribution in [0, 0.1) is 18.3 Å². The molecule has 0 radical (unpaired) electrons. The maximum Gasteiger partial charge on any atom is 0.270 e. The van der Waals surface area contributed by atoms with E-state index in [1.54, 1.807) is 36.0 Å². The summed E-state index contributed by atoms with van der Waals surface area (Å²) in [6.45, 7) is 3.47. The molecule has 2 aromatic heterocycles. The first kappa shape index (κ1) is 23.3. The number of carbonyl (C=O) groups excluding carboxylic acids is 1. The first-order valence-electron chi connectivity index (χ1n) is 10.2. The van der Waals surface area contributed by atoms with E-state index < -0.39 is 0 Å². The predicted molar refractivity (Wildman–Crippen MR) is 122 cm³/mol. The lowest BCUT2D eigenvalue weighted by molar-refractivity contribution is -0.120. The highest BCUT2D eigenvalue weighted by Gasteiger charge is 2.14. The van der Waals surface area contributed by atoms with Crippen LogP contribution in [0.5, 0.6) is 0 Å². The van der Waals surface area contributed by atoms with Crippen molar-refractivity contribution in [2.75, 3.05) is 7.05 Å². The first-order valence-corrected chi connectivity index (χ1v) is 10.6. The lowest BCUT2D eigenvalue weighted by atomic mass is 10.1. The van der Waals surface area contributed by atoms with Gasteiger partial charge < -0.3 is 15.2 Å². The molecular formula is C23H25ClN6O2. The van der Waals surface area contributed by atoms with Crippen molar-refractivity contribution in [1.29, 1.82) is 5.26 Å². The first-order chi connectivity index (χ1) is 15.4. The molecule has 0 unspecified atom stereocenters. The van der Waals surface area contributed by atoms with Crippen molar-refractivity contribution >= 4 is 17.5 Å². The number of benzene rings is 1. The van der Waals surface area contributed by atoms with Gasteiger partial charge in [0.2, 0.25) is 5.91 Å². The maximum absolute atomic E-state index is 12.9. The van der Waals surface area contributed by atoms with Gasteiger partial charge in [-0.05, 0) is 54.9 Å². The molecule has 0 saturated carbocycles. The Hall–Kier alpha value is -3.41. The Morgan fingerprint density at radius 3 is 2.78 bits per heavy atom. The number of halogens is 1. The van der Waals surface area contributed by atoms with Gasteiger partial charge in [0.15, 0.2) is 0 Å². The minimum absolute atomic E-state index is 0.0396. The third kappa shape index (κ3) is 5.63. The van der Waals surface area contributed by atoms with Gasteiger partial charge in [0, 0.05) is 36.4 Å². The summed E-state index contributed by atoms with van der Waals surface area (Å²) in [6.07, 6.45) is 3.33.